The number of rotatable bonds is 14. The molecular formula is C35H42N2O3. The average molecular weight is 539 g/mol. The van der Waals surface area contributed by atoms with Crippen molar-refractivity contribution in [1.82, 2.24) is 5.32 Å². The highest BCUT2D eigenvalue weighted by Crippen LogP contribution is 2.37. The molecule has 40 heavy (non-hydrogen) atoms. The first-order valence-corrected chi connectivity index (χ1v) is 14.0. The van der Waals surface area contributed by atoms with Crippen LogP contribution in [-0.2, 0) is 15.6 Å². The van der Waals surface area contributed by atoms with E-state index in [1.54, 1.807) is 0 Å². The molecule has 0 aromatic heterocycles. The van der Waals surface area contributed by atoms with Crippen molar-refractivity contribution in [2.45, 2.75) is 36.5 Å². The third-order valence-corrected chi connectivity index (χ3v) is 7.66. The van der Waals surface area contributed by atoms with E-state index in [1.807, 2.05) is 72.8 Å². The van der Waals surface area contributed by atoms with Gasteiger partial charge < -0.3 is 21.3 Å². The van der Waals surface area contributed by atoms with E-state index in [2.05, 4.69) is 53.8 Å². The largest absolute Gasteiger partial charge is 0.396 e. The molecule has 0 aliphatic carbocycles. The van der Waals surface area contributed by atoms with Gasteiger partial charge in [0.05, 0.1) is 0 Å². The van der Waals surface area contributed by atoms with Crippen molar-refractivity contribution in [3.8, 4) is 0 Å². The number of carbonyl (C=O) groups excluding carboxylic acids is 1. The minimum absolute atomic E-state index is 0.141. The van der Waals surface area contributed by atoms with E-state index in [4.69, 9.17) is 5.73 Å². The van der Waals surface area contributed by atoms with Crippen LogP contribution in [0.1, 0.15) is 47.9 Å². The summed E-state index contributed by atoms with van der Waals surface area (Å²) in [5.41, 5.74) is 10.4. The van der Waals surface area contributed by atoms with E-state index < -0.39 is 0 Å². The van der Waals surface area contributed by atoms with Crippen molar-refractivity contribution in [3.05, 3.63) is 144 Å². The molecular weight excluding hydrogens is 496 g/mol. The van der Waals surface area contributed by atoms with Crippen molar-refractivity contribution >= 4 is 6.41 Å². The fraction of sp³-hybridized carbons (Fsp3) is 0.286. The van der Waals surface area contributed by atoms with Gasteiger partial charge >= 0.3 is 0 Å². The topological polar surface area (TPSA) is 95.6 Å². The predicted octanol–water partition coefficient (Wildman–Crippen LogP) is 5.20. The van der Waals surface area contributed by atoms with Crippen LogP contribution in [0.3, 0.4) is 0 Å². The second-order valence-electron chi connectivity index (χ2n) is 9.99. The second-order valence-corrected chi connectivity index (χ2v) is 9.99. The molecule has 0 saturated carbocycles. The minimum Gasteiger partial charge on any atom is -0.396 e. The van der Waals surface area contributed by atoms with Crippen LogP contribution < -0.4 is 11.1 Å². The fourth-order valence-corrected chi connectivity index (χ4v) is 5.55. The zero-order valence-electron chi connectivity index (χ0n) is 23.2. The van der Waals surface area contributed by atoms with Crippen LogP contribution in [-0.4, -0.2) is 42.9 Å². The molecule has 0 fully saturated rings. The summed E-state index contributed by atoms with van der Waals surface area (Å²) >= 11 is 0. The molecule has 1 amide bonds. The first-order valence-electron chi connectivity index (χ1n) is 14.0. The molecule has 5 heteroatoms. The van der Waals surface area contributed by atoms with Crippen LogP contribution in [0.2, 0.25) is 0 Å². The van der Waals surface area contributed by atoms with Gasteiger partial charge in [-0.05, 0) is 47.9 Å². The van der Waals surface area contributed by atoms with E-state index in [-0.39, 0.29) is 24.0 Å². The van der Waals surface area contributed by atoms with Gasteiger partial charge in [0, 0.05) is 37.1 Å². The summed E-state index contributed by atoms with van der Waals surface area (Å²) in [6, 6.07) is 41.0. The Morgan fingerprint density at radius 3 is 1.20 bits per heavy atom. The molecule has 5 N–H and O–H groups in total. The zero-order valence-corrected chi connectivity index (χ0v) is 23.2. The highest BCUT2D eigenvalue weighted by molar-refractivity contribution is 5.49. The Balaban J connectivity index is 0.000000222. The molecule has 0 aliphatic heterocycles. The van der Waals surface area contributed by atoms with Crippen LogP contribution in [0.4, 0.5) is 0 Å². The van der Waals surface area contributed by atoms with Crippen LogP contribution in [0.15, 0.2) is 121 Å². The number of benzene rings is 4. The summed E-state index contributed by atoms with van der Waals surface area (Å²) < 4.78 is 0. The molecule has 0 heterocycles. The van der Waals surface area contributed by atoms with Crippen LogP contribution in [0, 0.1) is 0 Å². The maximum atomic E-state index is 10.8. The molecule has 0 radical (unpaired) electrons. The number of aliphatic hydroxyl groups excluding tert-OH is 2. The monoisotopic (exact) mass is 538 g/mol. The lowest BCUT2D eigenvalue weighted by Gasteiger charge is -2.35. The van der Waals surface area contributed by atoms with Gasteiger partial charge in [-0.25, -0.2) is 0 Å². The summed E-state index contributed by atoms with van der Waals surface area (Å²) in [5, 5.41) is 21.3. The summed E-state index contributed by atoms with van der Waals surface area (Å²) in [7, 11) is 0. The van der Waals surface area contributed by atoms with Crippen molar-refractivity contribution in [2.75, 3.05) is 26.3 Å². The first-order chi connectivity index (χ1) is 19.7. The molecule has 0 aliphatic rings. The van der Waals surface area contributed by atoms with E-state index >= 15 is 0 Å². The van der Waals surface area contributed by atoms with Gasteiger partial charge in [-0.2, -0.15) is 0 Å². The lowest BCUT2D eigenvalue weighted by Crippen LogP contribution is -2.39. The quantitative estimate of drug-likeness (QED) is 0.166. The normalized spacial score (nSPS) is 11.3. The molecule has 4 aromatic rings. The molecule has 0 spiro atoms. The molecule has 0 atom stereocenters. The summed E-state index contributed by atoms with van der Waals surface area (Å²) in [6.45, 7) is 1.40. The minimum atomic E-state index is -0.313. The Morgan fingerprint density at radius 2 is 0.900 bits per heavy atom. The number of aliphatic hydroxyl groups is 2. The van der Waals surface area contributed by atoms with Gasteiger partial charge in [-0.1, -0.05) is 121 Å². The molecule has 210 valence electrons. The number of hydrogen-bond acceptors (Lipinski definition) is 4. The Morgan fingerprint density at radius 1 is 0.575 bits per heavy atom. The van der Waals surface area contributed by atoms with Gasteiger partial charge in [0.15, 0.2) is 0 Å². The number of nitrogens with two attached hydrogens (primary N) is 1. The van der Waals surface area contributed by atoms with Crippen molar-refractivity contribution in [1.29, 1.82) is 0 Å². The lowest BCUT2D eigenvalue weighted by atomic mass is 9.71. The molecule has 0 bridgehead atoms. The average Bonchev–Trinajstić information content (AvgIpc) is 3.04. The van der Waals surface area contributed by atoms with Gasteiger partial charge in [-0.3, -0.25) is 4.79 Å². The smallest absolute Gasteiger partial charge is 0.207 e. The lowest BCUT2D eigenvalue weighted by molar-refractivity contribution is -0.109. The zero-order chi connectivity index (χ0) is 28.5. The van der Waals surface area contributed by atoms with Gasteiger partial charge in [0.25, 0.3) is 0 Å². The van der Waals surface area contributed by atoms with E-state index in [0.717, 1.165) is 36.8 Å². The van der Waals surface area contributed by atoms with E-state index in [9.17, 15) is 15.0 Å². The summed E-state index contributed by atoms with van der Waals surface area (Å²) in [6.07, 6.45) is 3.80. The Labute approximate surface area is 238 Å². The van der Waals surface area contributed by atoms with Crippen molar-refractivity contribution in [2.24, 2.45) is 5.73 Å². The van der Waals surface area contributed by atoms with Crippen LogP contribution in [0.5, 0.6) is 0 Å². The SMILES string of the molecule is NCC(CCCO)(c1ccccc1)c1ccccc1.O=CNCC(CCCO)(c1ccccc1)c1ccccc1. The van der Waals surface area contributed by atoms with Crippen LogP contribution >= 0.6 is 0 Å². The van der Waals surface area contributed by atoms with E-state index in [0.29, 0.717) is 19.5 Å². The van der Waals surface area contributed by atoms with Gasteiger partial charge in [-0.15, -0.1) is 0 Å². The third-order valence-electron chi connectivity index (χ3n) is 7.66. The Hall–Kier alpha value is -3.77. The van der Waals surface area contributed by atoms with Gasteiger partial charge in [0.1, 0.15) is 0 Å². The number of nitrogens with one attached hydrogen (secondary N) is 1. The van der Waals surface area contributed by atoms with E-state index in [1.165, 1.54) is 11.1 Å². The Bertz CT molecular complexity index is 1140. The second kappa shape index (κ2) is 16.4. The molecule has 4 rings (SSSR count). The van der Waals surface area contributed by atoms with Crippen molar-refractivity contribution in [3.63, 3.8) is 0 Å². The van der Waals surface area contributed by atoms with Crippen molar-refractivity contribution < 1.29 is 15.0 Å². The Kier molecular flexibility index (Phi) is 12.6. The number of amides is 1. The molecule has 0 saturated heterocycles. The summed E-state index contributed by atoms with van der Waals surface area (Å²) in [4.78, 5) is 10.8. The molecule has 4 aromatic carbocycles. The molecule has 0 unspecified atom stereocenters. The maximum absolute atomic E-state index is 10.8. The molecule has 5 nitrogen and oxygen atoms in total. The predicted molar refractivity (Wildman–Crippen MR) is 163 cm³/mol. The van der Waals surface area contributed by atoms with Gasteiger partial charge in [0.2, 0.25) is 6.41 Å². The highest BCUT2D eigenvalue weighted by atomic mass is 16.3. The fourth-order valence-electron chi connectivity index (χ4n) is 5.55. The maximum Gasteiger partial charge on any atom is 0.207 e. The first kappa shape index (κ1) is 30.8. The number of hydrogen-bond donors (Lipinski definition) is 4. The third kappa shape index (κ3) is 7.66. The standard InChI is InChI=1S/C18H21NO2.C17H21NO/c20-13-7-12-18(14-19-15-21,16-8-3-1-4-9-16)17-10-5-2-6-11-17;18-14-17(12-7-13-19,15-8-3-1-4-9-15)16-10-5-2-6-11-16/h1-6,8-11,15,20H,7,12-14H2,(H,19,21);1-6,8-11,19H,7,12-14,18H2. The number of carbonyl (C=O) groups is 1. The van der Waals surface area contributed by atoms with Crippen LogP contribution in [0.25, 0.3) is 0 Å². The highest BCUT2D eigenvalue weighted by Gasteiger charge is 2.34. The summed E-state index contributed by atoms with van der Waals surface area (Å²) in [5.74, 6) is 0.